The number of rotatable bonds is 1. The highest BCUT2D eigenvalue weighted by Gasteiger charge is 2.03. The smallest absolute Gasteiger partial charge is 0.168 e. The number of nitrogens with zero attached hydrogens (tertiary/aromatic N) is 1. The topological polar surface area (TPSA) is 30.0 Å². The minimum Gasteiger partial charge on any atom is -0.296 e. The lowest BCUT2D eigenvalue weighted by molar-refractivity contribution is 0.111. The Hall–Kier alpha value is -1.41. The van der Waals surface area contributed by atoms with E-state index in [1.807, 2.05) is 25.1 Å². The van der Waals surface area contributed by atoms with Crippen LogP contribution in [0.15, 0.2) is 24.3 Å². The second-order valence-corrected chi connectivity index (χ2v) is 3.51. The van der Waals surface area contributed by atoms with Gasteiger partial charge in [-0.15, -0.1) is 0 Å². The number of aryl methyl sites for hydroxylation is 1. The number of hydrogen-bond acceptors (Lipinski definition) is 2. The maximum Gasteiger partial charge on any atom is 0.168 e. The van der Waals surface area contributed by atoms with Crippen LogP contribution in [0.5, 0.6) is 0 Å². The van der Waals surface area contributed by atoms with Crippen molar-refractivity contribution in [3.05, 3.63) is 40.5 Å². The summed E-state index contributed by atoms with van der Waals surface area (Å²) in [6.45, 7) is 1.90. The molecule has 0 saturated carbocycles. The van der Waals surface area contributed by atoms with Crippen LogP contribution in [-0.2, 0) is 0 Å². The first-order valence-corrected chi connectivity index (χ1v) is 4.61. The van der Waals surface area contributed by atoms with Gasteiger partial charge < -0.3 is 0 Å². The second-order valence-electron chi connectivity index (χ2n) is 3.10. The zero-order valence-corrected chi connectivity index (χ0v) is 8.38. The lowest BCUT2D eigenvalue weighted by Crippen LogP contribution is -1.90. The minimum atomic E-state index is 0.433. The van der Waals surface area contributed by atoms with Crippen LogP contribution in [0, 0.1) is 6.92 Å². The molecule has 2 rings (SSSR count). The molecule has 3 heteroatoms. The number of aromatic nitrogens is 1. The van der Waals surface area contributed by atoms with E-state index in [0.717, 1.165) is 22.8 Å². The molecule has 0 spiro atoms. The van der Waals surface area contributed by atoms with Gasteiger partial charge in [-0.2, -0.15) is 0 Å². The Balaban J connectivity index is 2.84. The first-order valence-electron chi connectivity index (χ1n) is 4.23. The third-order valence-electron chi connectivity index (χ3n) is 2.19. The molecule has 0 amide bonds. The van der Waals surface area contributed by atoms with Crippen molar-refractivity contribution in [1.29, 1.82) is 0 Å². The highest BCUT2D eigenvalue weighted by Crippen LogP contribution is 2.23. The lowest BCUT2D eigenvalue weighted by Gasteiger charge is -2.03. The quantitative estimate of drug-likeness (QED) is 0.670. The molecule has 1 aromatic heterocycles. The third-order valence-corrected chi connectivity index (χ3v) is 2.60. The van der Waals surface area contributed by atoms with Gasteiger partial charge in [0.25, 0.3) is 0 Å². The molecule has 0 aliphatic heterocycles. The van der Waals surface area contributed by atoms with Gasteiger partial charge in [-0.25, -0.2) is 4.98 Å². The molecule has 70 valence electrons. The van der Waals surface area contributed by atoms with E-state index in [1.54, 1.807) is 6.07 Å². The van der Waals surface area contributed by atoms with Gasteiger partial charge in [0.1, 0.15) is 5.69 Å². The summed E-state index contributed by atoms with van der Waals surface area (Å²) in [6.07, 6.45) is 0.736. The van der Waals surface area contributed by atoms with Gasteiger partial charge in [0.15, 0.2) is 6.29 Å². The first-order chi connectivity index (χ1) is 6.72. The van der Waals surface area contributed by atoms with E-state index in [4.69, 9.17) is 11.6 Å². The highest BCUT2D eigenvalue weighted by atomic mass is 35.5. The van der Waals surface area contributed by atoms with Gasteiger partial charge >= 0.3 is 0 Å². The standard InChI is InChI=1S/C11H8ClNO/c1-7-10(12)5-3-8-2-4-9(6-14)13-11(7)8/h2-6H,1H3. The molecule has 0 bridgehead atoms. The summed E-state index contributed by atoms with van der Waals surface area (Å²) in [5, 5.41) is 1.67. The van der Waals surface area contributed by atoms with Crippen LogP contribution >= 0.6 is 11.6 Å². The molecule has 0 N–H and O–H groups in total. The molecule has 0 aliphatic rings. The number of aldehydes is 1. The summed E-state index contributed by atoms with van der Waals surface area (Å²) < 4.78 is 0. The maximum absolute atomic E-state index is 10.6. The van der Waals surface area contributed by atoms with Gasteiger partial charge in [0.2, 0.25) is 0 Å². The van der Waals surface area contributed by atoms with Gasteiger partial charge in [0, 0.05) is 10.4 Å². The largest absolute Gasteiger partial charge is 0.296 e. The van der Waals surface area contributed by atoms with E-state index in [0.29, 0.717) is 10.7 Å². The normalized spacial score (nSPS) is 10.4. The molecule has 0 atom stereocenters. The molecule has 2 nitrogen and oxygen atoms in total. The summed E-state index contributed by atoms with van der Waals surface area (Å²) in [7, 11) is 0. The van der Waals surface area contributed by atoms with Crippen molar-refractivity contribution < 1.29 is 4.79 Å². The molecule has 1 aromatic carbocycles. The number of pyridine rings is 1. The number of carbonyl (C=O) groups is 1. The van der Waals surface area contributed by atoms with Crippen molar-refractivity contribution in [3.8, 4) is 0 Å². The van der Waals surface area contributed by atoms with E-state index >= 15 is 0 Å². The Labute approximate surface area is 86.5 Å². The molecule has 0 saturated heterocycles. The average molecular weight is 206 g/mol. The second kappa shape index (κ2) is 3.39. The SMILES string of the molecule is Cc1c(Cl)ccc2ccc(C=O)nc12. The van der Waals surface area contributed by atoms with Gasteiger partial charge in [-0.3, -0.25) is 4.79 Å². The Morgan fingerprint density at radius 3 is 2.71 bits per heavy atom. The van der Waals surface area contributed by atoms with E-state index in [2.05, 4.69) is 4.98 Å². The fraction of sp³-hybridized carbons (Fsp3) is 0.0909. The third kappa shape index (κ3) is 1.38. The fourth-order valence-electron chi connectivity index (χ4n) is 1.39. The van der Waals surface area contributed by atoms with E-state index in [1.165, 1.54) is 0 Å². The van der Waals surface area contributed by atoms with Crippen LogP contribution in [0.1, 0.15) is 16.1 Å². The summed E-state index contributed by atoms with van der Waals surface area (Å²) in [5.41, 5.74) is 2.14. The Morgan fingerprint density at radius 1 is 1.29 bits per heavy atom. The molecular weight excluding hydrogens is 198 g/mol. The van der Waals surface area contributed by atoms with Crippen LogP contribution in [0.2, 0.25) is 5.02 Å². The molecule has 0 aliphatic carbocycles. The van der Waals surface area contributed by atoms with Crippen molar-refractivity contribution in [1.82, 2.24) is 4.98 Å². The Morgan fingerprint density at radius 2 is 2.00 bits per heavy atom. The molecule has 14 heavy (non-hydrogen) atoms. The van der Waals surface area contributed by atoms with Crippen molar-refractivity contribution in [2.45, 2.75) is 6.92 Å². The zero-order chi connectivity index (χ0) is 10.1. The molecule has 0 unspecified atom stereocenters. The summed E-state index contributed by atoms with van der Waals surface area (Å²) in [6, 6.07) is 7.30. The van der Waals surface area contributed by atoms with Crippen LogP contribution in [0.3, 0.4) is 0 Å². The average Bonchev–Trinajstić information content (AvgIpc) is 2.23. The zero-order valence-electron chi connectivity index (χ0n) is 7.62. The number of hydrogen-bond donors (Lipinski definition) is 0. The first kappa shape index (κ1) is 9.16. The fourth-order valence-corrected chi connectivity index (χ4v) is 1.54. The Kier molecular flexibility index (Phi) is 2.22. The predicted molar refractivity (Wildman–Crippen MR) is 56.9 cm³/mol. The predicted octanol–water partition coefficient (Wildman–Crippen LogP) is 3.01. The van der Waals surface area contributed by atoms with Gasteiger partial charge in [0.05, 0.1) is 5.52 Å². The van der Waals surface area contributed by atoms with Crippen LogP contribution < -0.4 is 0 Å². The van der Waals surface area contributed by atoms with Crippen molar-refractivity contribution in [3.63, 3.8) is 0 Å². The minimum absolute atomic E-state index is 0.433. The van der Waals surface area contributed by atoms with Gasteiger partial charge in [-0.1, -0.05) is 23.7 Å². The lowest BCUT2D eigenvalue weighted by atomic mass is 10.1. The van der Waals surface area contributed by atoms with Crippen molar-refractivity contribution in [2.75, 3.05) is 0 Å². The highest BCUT2D eigenvalue weighted by molar-refractivity contribution is 6.32. The number of benzene rings is 1. The number of halogens is 1. The molecule has 0 radical (unpaired) electrons. The summed E-state index contributed by atoms with van der Waals surface area (Å²) in [5.74, 6) is 0. The van der Waals surface area contributed by atoms with E-state index < -0.39 is 0 Å². The summed E-state index contributed by atoms with van der Waals surface area (Å²) >= 11 is 5.95. The van der Waals surface area contributed by atoms with Gasteiger partial charge in [-0.05, 0) is 24.6 Å². The van der Waals surface area contributed by atoms with Crippen molar-refractivity contribution in [2.24, 2.45) is 0 Å². The van der Waals surface area contributed by atoms with E-state index in [-0.39, 0.29) is 0 Å². The monoisotopic (exact) mass is 205 g/mol. The van der Waals surface area contributed by atoms with E-state index in [9.17, 15) is 4.79 Å². The molecule has 2 aromatic rings. The molecule has 1 heterocycles. The summed E-state index contributed by atoms with van der Waals surface area (Å²) in [4.78, 5) is 14.8. The number of fused-ring (bicyclic) bond motifs is 1. The van der Waals surface area contributed by atoms with Crippen molar-refractivity contribution >= 4 is 28.8 Å². The maximum atomic E-state index is 10.6. The molecule has 0 fully saturated rings. The van der Waals surface area contributed by atoms with Crippen LogP contribution in [-0.4, -0.2) is 11.3 Å². The molecular formula is C11H8ClNO. The number of carbonyl (C=O) groups excluding carboxylic acids is 1. The Bertz CT molecular complexity index is 508. The van der Waals surface area contributed by atoms with Crippen LogP contribution in [0.25, 0.3) is 10.9 Å². The van der Waals surface area contributed by atoms with Crippen LogP contribution in [0.4, 0.5) is 0 Å².